The maximum Gasteiger partial charge on any atom is 0.311 e. The highest BCUT2D eigenvalue weighted by Gasteiger charge is 2.16. The van der Waals surface area contributed by atoms with Crippen molar-refractivity contribution in [1.82, 2.24) is 0 Å². The van der Waals surface area contributed by atoms with Gasteiger partial charge in [-0.15, -0.1) is 0 Å². The summed E-state index contributed by atoms with van der Waals surface area (Å²) >= 11 is 2.06. The summed E-state index contributed by atoms with van der Waals surface area (Å²) in [6.07, 6.45) is 4.16. The molecule has 0 fully saturated rings. The third-order valence-corrected chi connectivity index (χ3v) is 3.69. The van der Waals surface area contributed by atoms with E-state index in [4.69, 9.17) is 9.47 Å². The van der Waals surface area contributed by atoms with Crippen LogP contribution in [0, 0.1) is 3.57 Å². The number of hydrogen-bond donors (Lipinski definition) is 0. The number of unbranched alkanes of at least 4 members (excludes halogenated alkanes) is 2. The number of hydrogen-bond acceptors (Lipinski definition) is 4. The first-order chi connectivity index (χ1) is 10.1. The van der Waals surface area contributed by atoms with Crippen molar-refractivity contribution in [3.63, 3.8) is 0 Å². The van der Waals surface area contributed by atoms with Gasteiger partial charge in [0.05, 0.1) is 3.57 Å². The zero-order valence-corrected chi connectivity index (χ0v) is 14.6. The summed E-state index contributed by atoms with van der Waals surface area (Å²) in [5.74, 6) is 0.0495. The third kappa shape index (κ3) is 6.46. The molecule has 0 aliphatic heterocycles. The van der Waals surface area contributed by atoms with Crippen LogP contribution < -0.4 is 9.47 Å². The highest BCUT2D eigenvalue weighted by Crippen LogP contribution is 2.33. The largest absolute Gasteiger partial charge is 0.422 e. The first kappa shape index (κ1) is 17.9. The van der Waals surface area contributed by atoms with Gasteiger partial charge >= 0.3 is 11.9 Å². The second-order valence-electron chi connectivity index (χ2n) is 4.72. The SMILES string of the molecule is CCCCC(=O)Oc1cccc(I)c1OC(=O)CCCC. The molecule has 0 heterocycles. The van der Waals surface area contributed by atoms with E-state index in [-0.39, 0.29) is 11.9 Å². The van der Waals surface area contributed by atoms with Crippen molar-refractivity contribution in [2.45, 2.75) is 52.4 Å². The maximum absolute atomic E-state index is 11.8. The number of ether oxygens (including phenoxy) is 2. The van der Waals surface area contributed by atoms with E-state index in [9.17, 15) is 9.59 Å². The van der Waals surface area contributed by atoms with Gasteiger partial charge in [0.2, 0.25) is 0 Å². The van der Waals surface area contributed by atoms with Gasteiger partial charge < -0.3 is 9.47 Å². The molecule has 0 saturated heterocycles. The Bertz CT molecular complexity index is 485. The Morgan fingerprint density at radius 3 is 2.14 bits per heavy atom. The number of esters is 2. The summed E-state index contributed by atoms with van der Waals surface area (Å²) in [4.78, 5) is 23.5. The molecule has 0 bridgehead atoms. The Labute approximate surface area is 139 Å². The minimum atomic E-state index is -0.301. The number of benzene rings is 1. The summed E-state index contributed by atoms with van der Waals surface area (Å²) in [6, 6.07) is 5.23. The summed E-state index contributed by atoms with van der Waals surface area (Å²) in [5.41, 5.74) is 0. The molecule has 0 saturated carbocycles. The first-order valence-electron chi connectivity index (χ1n) is 7.28. The molecule has 0 aliphatic carbocycles. The second kappa shape index (κ2) is 9.76. The van der Waals surface area contributed by atoms with Crippen LogP contribution >= 0.6 is 22.6 Å². The van der Waals surface area contributed by atoms with Gasteiger partial charge in [-0.05, 0) is 47.6 Å². The molecule has 4 nitrogen and oxygen atoms in total. The van der Waals surface area contributed by atoms with E-state index >= 15 is 0 Å². The molecule has 0 N–H and O–H groups in total. The minimum Gasteiger partial charge on any atom is -0.422 e. The lowest BCUT2D eigenvalue weighted by Crippen LogP contribution is -2.12. The van der Waals surface area contributed by atoms with Crippen molar-refractivity contribution in [3.8, 4) is 11.5 Å². The molecular weight excluding hydrogens is 383 g/mol. The van der Waals surface area contributed by atoms with Crippen molar-refractivity contribution in [3.05, 3.63) is 21.8 Å². The van der Waals surface area contributed by atoms with Crippen LogP contribution in [0.15, 0.2) is 18.2 Å². The molecule has 1 rings (SSSR count). The minimum absolute atomic E-state index is 0.299. The van der Waals surface area contributed by atoms with Crippen LogP contribution in [-0.2, 0) is 9.59 Å². The van der Waals surface area contributed by atoms with Crippen LogP contribution in [0.1, 0.15) is 52.4 Å². The Hall–Kier alpha value is -1.11. The Kier molecular flexibility index (Phi) is 8.34. The normalized spacial score (nSPS) is 10.2. The van der Waals surface area contributed by atoms with Gasteiger partial charge in [-0.3, -0.25) is 9.59 Å². The van der Waals surface area contributed by atoms with Gasteiger partial charge in [-0.25, -0.2) is 0 Å². The molecule has 21 heavy (non-hydrogen) atoms. The summed E-state index contributed by atoms with van der Waals surface area (Å²) in [6.45, 7) is 4.03. The van der Waals surface area contributed by atoms with Crippen LogP contribution in [0.5, 0.6) is 11.5 Å². The van der Waals surface area contributed by atoms with Gasteiger partial charge in [0, 0.05) is 12.8 Å². The Balaban J connectivity index is 2.77. The van der Waals surface area contributed by atoms with Crippen molar-refractivity contribution in [2.24, 2.45) is 0 Å². The van der Waals surface area contributed by atoms with E-state index in [2.05, 4.69) is 22.6 Å². The molecule has 0 aromatic heterocycles. The van der Waals surface area contributed by atoms with E-state index in [0.29, 0.717) is 24.3 Å². The predicted octanol–water partition coefficient (Wildman–Crippen LogP) is 4.48. The van der Waals surface area contributed by atoms with Gasteiger partial charge in [0.1, 0.15) is 0 Å². The molecule has 0 aliphatic rings. The number of rotatable bonds is 8. The fraction of sp³-hybridized carbons (Fsp3) is 0.500. The zero-order chi connectivity index (χ0) is 15.7. The van der Waals surface area contributed by atoms with Crippen molar-refractivity contribution >= 4 is 34.5 Å². The lowest BCUT2D eigenvalue weighted by Gasteiger charge is -2.12. The summed E-state index contributed by atoms with van der Waals surface area (Å²) < 4.78 is 11.4. The van der Waals surface area contributed by atoms with Gasteiger partial charge in [-0.2, -0.15) is 0 Å². The fourth-order valence-electron chi connectivity index (χ4n) is 1.65. The molecule has 0 spiro atoms. The molecule has 1 aromatic carbocycles. The van der Waals surface area contributed by atoms with E-state index in [1.807, 2.05) is 19.9 Å². The van der Waals surface area contributed by atoms with Crippen LogP contribution in [0.3, 0.4) is 0 Å². The van der Waals surface area contributed by atoms with Crippen molar-refractivity contribution in [2.75, 3.05) is 0 Å². The first-order valence-corrected chi connectivity index (χ1v) is 8.36. The Morgan fingerprint density at radius 1 is 1.00 bits per heavy atom. The lowest BCUT2D eigenvalue weighted by molar-refractivity contribution is -0.137. The topological polar surface area (TPSA) is 52.6 Å². The molecule has 116 valence electrons. The smallest absolute Gasteiger partial charge is 0.311 e. The summed E-state index contributed by atoms with van der Waals surface area (Å²) in [5, 5.41) is 0. The Morgan fingerprint density at radius 2 is 1.57 bits per heavy atom. The quantitative estimate of drug-likeness (QED) is 0.364. The van der Waals surface area contributed by atoms with Gasteiger partial charge in [-0.1, -0.05) is 32.8 Å². The standard InChI is InChI=1S/C16H21IO4/c1-3-5-10-14(18)20-13-9-7-8-12(17)16(13)21-15(19)11-6-4-2/h7-9H,3-6,10-11H2,1-2H3. The average Bonchev–Trinajstić information content (AvgIpc) is 2.46. The number of para-hydroxylation sites is 1. The van der Waals surface area contributed by atoms with Gasteiger partial charge in [0.15, 0.2) is 11.5 Å². The molecule has 0 atom stereocenters. The van der Waals surface area contributed by atoms with Crippen LogP contribution in [0.2, 0.25) is 0 Å². The predicted molar refractivity (Wildman–Crippen MR) is 89.5 cm³/mol. The van der Waals surface area contributed by atoms with Gasteiger partial charge in [0.25, 0.3) is 0 Å². The lowest BCUT2D eigenvalue weighted by atomic mass is 10.2. The van der Waals surface area contributed by atoms with E-state index < -0.39 is 0 Å². The maximum atomic E-state index is 11.8. The van der Waals surface area contributed by atoms with Crippen LogP contribution in [-0.4, -0.2) is 11.9 Å². The average molecular weight is 404 g/mol. The second-order valence-corrected chi connectivity index (χ2v) is 5.88. The molecule has 0 radical (unpaired) electrons. The monoisotopic (exact) mass is 404 g/mol. The molecule has 0 unspecified atom stereocenters. The third-order valence-electron chi connectivity index (χ3n) is 2.84. The van der Waals surface area contributed by atoms with Crippen molar-refractivity contribution in [1.29, 1.82) is 0 Å². The van der Waals surface area contributed by atoms with Crippen LogP contribution in [0.25, 0.3) is 0 Å². The molecular formula is C16H21IO4. The van der Waals surface area contributed by atoms with E-state index in [0.717, 1.165) is 29.3 Å². The van der Waals surface area contributed by atoms with E-state index in [1.54, 1.807) is 12.1 Å². The molecule has 0 amide bonds. The fourth-order valence-corrected chi connectivity index (χ4v) is 2.23. The number of carbonyl (C=O) groups excluding carboxylic acids is 2. The van der Waals surface area contributed by atoms with Crippen molar-refractivity contribution < 1.29 is 19.1 Å². The van der Waals surface area contributed by atoms with E-state index in [1.165, 1.54) is 0 Å². The molecule has 1 aromatic rings. The highest BCUT2D eigenvalue weighted by atomic mass is 127. The zero-order valence-electron chi connectivity index (χ0n) is 12.5. The number of carbonyl (C=O) groups is 2. The molecule has 5 heteroatoms. The highest BCUT2D eigenvalue weighted by molar-refractivity contribution is 14.1. The summed E-state index contributed by atoms with van der Waals surface area (Å²) in [7, 11) is 0. The number of halogens is 1. The van der Waals surface area contributed by atoms with Crippen LogP contribution in [0.4, 0.5) is 0 Å².